The molecule has 1 N–H and O–H groups in total. The molecule has 2 aliphatic rings. The lowest BCUT2D eigenvalue weighted by Crippen LogP contribution is -2.46. The molecule has 0 aliphatic carbocycles. The van der Waals surface area contributed by atoms with Gasteiger partial charge in [-0.15, -0.1) is 0 Å². The van der Waals surface area contributed by atoms with Gasteiger partial charge in [0.05, 0.1) is 22.3 Å². The Morgan fingerprint density at radius 3 is 2.71 bits per heavy atom. The van der Waals surface area contributed by atoms with Gasteiger partial charge in [0.1, 0.15) is 5.82 Å². The second-order valence-electron chi connectivity index (χ2n) is 8.02. The van der Waals surface area contributed by atoms with Gasteiger partial charge in [-0.3, -0.25) is 9.69 Å². The van der Waals surface area contributed by atoms with Gasteiger partial charge in [0, 0.05) is 38.7 Å². The Labute approximate surface area is 193 Å². The topological polar surface area (TPSA) is 57.7 Å². The molecule has 0 bridgehead atoms. The molecule has 0 unspecified atom stereocenters. The molecule has 0 atom stereocenters. The number of nitrogens with zero attached hydrogens (tertiary/aromatic N) is 3. The fourth-order valence-corrected chi connectivity index (χ4v) is 4.47. The third kappa shape index (κ3) is 5.82. The molecule has 1 saturated heterocycles. The fraction of sp³-hybridized carbons (Fsp3) is 0.478. The summed E-state index contributed by atoms with van der Waals surface area (Å²) in [5.41, 5.74) is 2.10. The predicted octanol–water partition coefficient (Wildman–Crippen LogP) is 4.64. The quantitative estimate of drug-likeness (QED) is 0.607. The van der Waals surface area contributed by atoms with Crippen LogP contribution in [0.3, 0.4) is 0 Å². The van der Waals surface area contributed by atoms with Crippen molar-refractivity contribution in [1.82, 2.24) is 9.88 Å². The molecule has 2 aliphatic heterocycles. The zero-order valence-electron chi connectivity index (χ0n) is 17.6. The summed E-state index contributed by atoms with van der Waals surface area (Å²) >= 11 is 12.5. The zero-order valence-corrected chi connectivity index (χ0v) is 19.1. The Morgan fingerprint density at radius 1 is 1.03 bits per heavy atom. The van der Waals surface area contributed by atoms with Crippen LogP contribution in [0.5, 0.6) is 5.88 Å². The van der Waals surface area contributed by atoms with Gasteiger partial charge in [0.15, 0.2) is 0 Å². The van der Waals surface area contributed by atoms with Crippen LogP contribution in [-0.2, 0) is 11.2 Å². The van der Waals surface area contributed by atoms with Crippen LogP contribution in [0.2, 0.25) is 10.0 Å². The molecule has 0 radical (unpaired) electrons. The Bertz CT molecular complexity index is 916. The maximum atomic E-state index is 11.7. The number of fused-ring (bicyclic) bond motifs is 1. The summed E-state index contributed by atoms with van der Waals surface area (Å²) in [7, 11) is 0. The lowest BCUT2D eigenvalue weighted by atomic mass is 10.1. The highest BCUT2D eigenvalue weighted by Gasteiger charge is 2.19. The predicted molar refractivity (Wildman–Crippen MR) is 126 cm³/mol. The number of aryl methyl sites for hydroxylation is 1. The van der Waals surface area contributed by atoms with E-state index in [9.17, 15) is 4.79 Å². The van der Waals surface area contributed by atoms with Crippen LogP contribution in [0.4, 0.5) is 11.5 Å². The molecule has 1 fully saturated rings. The second-order valence-corrected chi connectivity index (χ2v) is 8.80. The molecule has 166 valence electrons. The van der Waals surface area contributed by atoms with E-state index in [1.54, 1.807) is 0 Å². The number of ether oxygens (including phenoxy) is 1. The summed E-state index contributed by atoms with van der Waals surface area (Å²) in [4.78, 5) is 21.0. The molecule has 6 nitrogen and oxygen atoms in total. The van der Waals surface area contributed by atoms with Crippen molar-refractivity contribution in [1.29, 1.82) is 0 Å². The number of halogens is 2. The number of hydrogen-bond donors (Lipinski definition) is 1. The second kappa shape index (κ2) is 10.5. The molecule has 31 heavy (non-hydrogen) atoms. The molecule has 0 spiro atoms. The van der Waals surface area contributed by atoms with Crippen LogP contribution in [0.1, 0.15) is 31.2 Å². The van der Waals surface area contributed by atoms with Crippen LogP contribution < -0.4 is 15.0 Å². The highest BCUT2D eigenvalue weighted by atomic mass is 35.5. The van der Waals surface area contributed by atoms with Crippen molar-refractivity contribution < 1.29 is 9.53 Å². The number of rotatable bonds is 7. The van der Waals surface area contributed by atoms with E-state index in [2.05, 4.69) is 20.1 Å². The van der Waals surface area contributed by atoms with Crippen LogP contribution in [0.15, 0.2) is 30.3 Å². The molecule has 8 heteroatoms. The maximum absolute atomic E-state index is 11.7. The first-order valence-corrected chi connectivity index (χ1v) is 11.7. The number of pyridine rings is 1. The smallest absolute Gasteiger partial charge is 0.225 e. The minimum Gasteiger partial charge on any atom is -0.478 e. The summed E-state index contributed by atoms with van der Waals surface area (Å²) in [6.45, 7) is 5.58. The third-order valence-corrected chi connectivity index (χ3v) is 6.63. The number of unbranched alkanes of at least 4 members (excludes halogenated alkanes) is 1. The van der Waals surface area contributed by atoms with Gasteiger partial charge in [0.25, 0.3) is 0 Å². The number of benzene rings is 1. The molecule has 0 saturated carbocycles. The van der Waals surface area contributed by atoms with Gasteiger partial charge in [-0.25, -0.2) is 0 Å². The molecule has 2 aromatic rings. The molecular formula is C23H28Cl2N4O2. The molecule has 4 rings (SSSR count). The number of hydrogen-bond acceptors (Lipinski definition) is 5. The SMILES string of the molecule is O=C1CCCc2ccc(OCCCCN3CCN(c4cccc(Cl)c4Cl)CC3)nc2N1. The van der Waals surface area contributed by atoms with Crippen molar-refractivity contribution >= 4 is 40.6 Å². The molecular weight excluding hydrogens is 435 g/mol. The Hall–Kier alpha value is -2.02. The highest BCUT2D eigenvalue weighted by molar-refractivity contribution is 6.43. The van der Waals surface area contributed by atoms with Crippen molar-refractivity contribution in [3.05, 3.63) is 45.9 Å². The van der Waals surface area contributed by atoms with E-state index in [4.69, 9.17) is 27.9 Å². The van der Waals surface area contributed by atoms with Crippen molar-refractivity contribution in [2.24, 2.45) is 0 Å². The number of piperazine rings is 1. The largest absolute Gasteiger partial charge is 0.478 e. The van der Waals surface area contributed by atoms with E-state index in [0.717, 1.165) is 69.7 Å². The lowest BCUT2D eigenvalue weighted by molar-refractivity contribution is -0.116. The summed E-state index contributed by atoms with van der Waals surface area (Å²) < 4.78 is 5.82. The Kier molecular flexibility index (Phi) is 7.54. The van der Waals surface area contributed by atoms with Crippen molar-refractivity contribution in [3.8, 4) is 5.88 Å². The van der Waals surface area contributed by atoms with E-state index >= 15 is 0 Å². The normalized spacial score (nSPS) is 17.1. The van der Waals surface area contributed by atoms with Gasteiger partial charge < -0.3 is 15.0 Å². The molecule has 1 amide bonds. The van der Waals surface area contributed by atoms with E-state index in [1.807, 2.05) is 30.3 Å². The third-order valence-electron chi connectivity index (χ3n) is 5.82. The van der Waals surface area contributed by atoms with Crippen LogP contribution in [0.25, 0.3) is 0 Å². The fourth-order valence-electron chi connectivity index (χ4n) is 4.06. The zero-order chi connectivity index (χ0) is 21.6. The first-order valence-electron chi connectivity index (χ1n) is 10.9. The number of anilines is 2. The first-order chi connectivity index (χ1) is 15.1. The van der Waals surface area contributed by atoms with Crippen molar-refractivity contribution in [2.45, 2.75) is 32.1 Å². The number of carbonyl (C=O) groups excluding carboxylic acids is 1. The van der Waals surface area contributed by atoms with Gasteiger partial charge in [-0.05, 0) is 56.0 Å². The Morgan fingerprint density at radius 2 is 1.87 bits per heavy atom. The molecule has 1 aromatic heterocycles. The van der Waals surface area contributed by atoms with Crippen LogP contribution in [0, 0.1) is 0 Å². The van der Waals surface area contributed by atoms with Crippen LogP contribution >= 0.6 is 23.2 Å². The minimum absolute atomic E-state index is 0.0288. The average Bonchev–Trinajstić information content (AvgIpc) is 2.96. The van der Waals surface area contributed by atoms with Gasteiger partial charge >= 0.3 is 0 Å². The first kappa shape index (κ1) is 22.2. The summed E-state index contributed by atoms with van der Waals surface area (Å²) in [6, 6.07) is 9.71. The standard InChI is InChI=1S/C23H28Cl2N4O2/c24-18-6-4-7-19(22(18)25)29-14-12-28(13-15-29)11-1-2-16-31-21-10-9-17-5-3-8-20(30)26-23(17)27-21/h4,6-7,9-10H,1-3,5,8,11-16H2,(H,26,27,30). The van der Waals surface area contributed by atoms with E-state index in [-0.39, 0.29) is 5.91 Å². The summed E-state index contributed by atoms with van der Waals surface area (Å²) in [5.74, 6) is 1.26. The van der Waals surface area contributed by atoms with Gasteiger partial charge in [0.2, 0.25) is 11.8 Å². The van der Waals surface area contributed by atoms with Crippen molar-refractivity contribution in [3.63, 3.8) is 0 Å². The minimum atomic E-state index is 0.0288. The van der Waals surface area contributed by atoms with Gasteiger partial charge in [-0.2, -0.15) is 4.98 Å². The average molecular weight is 463 g/mol. The van der Waals surface area contributed by atoms with E-state index in [1.165, 1.54) is 0 Å². The summed E-state index contributed by atoms with van der Waals surface area (Å²) in [6.07, 6.45) is 4.32. The molecule has 3 heterocycles. The number of nitrogens with one attached hydrogen (secondary N) is 1. The number of carbonyl (C=O) groups is 1. The van der Waals surface area contributed by atoms with E-state index < -0.39 is 0 Å². The van der Waals surface area contributed by atoms with E-state index in [0.29, 0.717) is 34.8 Å². The molecule has 1 aromatic carbocycles. The van der Waals surface area contributed by atoms with Crippen LogP contribution in [-0.4, -0.2) is 55.1 Å². The van der Waals surface area contributed by atoms with Gasteiger partial charge in [-0.1, -0.05) is 29.3 Å². The summed E-state index contributed by atoms with van der Waals surface area (Å²) in [5, 5.41) is 4.12. The van der Waals surface area contributed by atoms with Crippen molar-refractivity contribution in [2.75, 3.05) is 49.5 Å². The monoisotopic (exact) mass is 462 g/mol. The Balaban J connectivity index is 1.16. The highest BCUT2D eigenvalue weighted by Crippen LogP contribution is 2.32. The maximum Gasteiger partial charge on any atom is 0.225 e. The lowest BCUT2D eigenvalue weighted by Gasteiger charge is -2.36. The number of amides is 1. The number of aromatic nitrogens is 1.